The van der Waals surface area contributed by atoms with Gasteiger partial charge in [0.1, 0.15) is 5.69 Å². The minimum atomic E-state index is -0.992. The molecule has 0 atom stereocenters. The Balaban J connectivity index is 1.68. The Morgan fingerprint density at radius 1 is 1.00 bits per heavy atom. The second kappa shape index (κ2) is 6.70. The summed E-state index contributed by atoms with van der Waals surface area (Å²) in [4.78, 5) is 27.1. The monoisotopic (exact) mass is 319 g/mol. The Morgan fingerprint density at radius 3 is 2.50 bits per heavy atom. The summed E-state index contributed by atoms with van der Waals surface area (Å²) in [5, 5.41) is 13.6. The van der Waals surface area contributed by atoms with Crippen molar-refractivity contribution in [2.24, 2.45) is 5.10 Å². The highest BCUT2D eigenvalue weighted by atomic mass is 16.4. The first-order chi connectivity index (χ1) is 11.6. The lowest BCUT2D eigenvalue weighted by atomic mass is 10.1. The maximum Gasteiger partial charge on any atom is 0.335 e. The van der Waals surface area contributed by atoms with E-state index in [0.717, 1.165) is 10.9 Å². The summed E-state index contributed by atoms with van der Waals surface area (Å²) in [7, 11) is 0. The van der Waals surface area contributed by atoms with Crippen LogP contribution in [0.3, 0.4) is 0 Å². The van der Waals surface area contributed by atoms with Gasteiger partial charge in [-0.05, 0) is 29.8 Å². The minimum Gasteiger partial charge on any atom is -0.478 e. The van der Waals surface area contributed by atoms with E-state index in [1.54, 1.807) is 18.2 Å². The van der Waals surface area contributed by atoms with Gasteiger partial charge in [-0.2, -0.15) is 5.10 Å². The van der Waals surface area contributed by atoms with Crippen LogP contribution in [-0.2, 0) is 0 Å². The molecule has 1 aromatic heterocycles. The van der Waals surface area contributed by atoms with Crippen molar-refractivity contribution in [2.75, 3.05) is 0 Å². The van der Waals surface area contributed by atoms with E-state index < -0.39 is 11.9 Å². The van der Waals surface area contributed by atoms with Crippen molar-refractivity contribution >= 4 is 29.0 Å². The van der Waals surface area contributed by atoms with E-state index in [0.29, 0.717) is 5.56 Å². The SMILES string of the molecule is O=C(O)c1ccc(/C=N\NC(=O)c2ccc3ccccc3n2)cc1. The van der Waals surface area contributed by atoms with Gasteiger partial charge in [-0.3, -0.25) is 4.79 Å². The number of carboxylic acid groups (broad SMARTS) is 1. The van der Waals surface area contributed by atoms with Gasteiger partial charge in [0.2, 0.25) is 0 Å². The zero-order valence-electron chi connectivity index (χ0n) is 12.5. The van der Waals surface area contributed by atoms with Crippen molar-refractivity contribution in [3.05, 3.63) is 77.5 Å². The molecular weight excluding hydrogens is 306 g/mol. The van der Waals surface area contributed by atoms with Gasteiger partial charge in [-0.25, -0.2) is 15.2 Å². The molecule has 3 rings (SSSR count). The van der Waals surface area contributed by atoms with E-state index in [1.165, 1.54) is 18.3 Å². The quantitative estimate of drug-likeness (QED) is 0.571. The zero-order chi connectivity index (χ0) is 16.9. The summed E-state index contributed by atoms with van der Waals surface area (Å²) in [5.41, 5.74) is 4.27. The summed E-state index contributed by atoms with van der Waals surface area (Å²) < 4.78 is 0. The third-order valence-corrected chi connectivity index (χ3v) is 3.37. The number of hydrazone groups is 1. The molecule has 0 saturated carbocycles. The number of carbonyl (C=O) groups excluding carboxylic acids is 1. The van der Waals surface area contributed by atoms with E-state index in [2.05, 4.69) is 15.5 Å². The summed E-state index contributed by atoms with van der Waals surface area (Å²) in [6.45, 7) is 0. The fourth-order valence-electron chi connectivity index (χ4n) is 2.13. The summed E-state index contributed by atoms with van der Waals surface area (Å²) in [5.74, 6) is -1.41. The van der Waals surface area contributed by atoms with Gasteiger partial charge in [0, 0.05) is 5.39 Å². The van der Waals surface area contributed by atoms with E-state index in [1.807, 2.05) is 30.3 Å². The number of carbonyl (C=O) groups is 2. The minimum absolute atomic E-state index is 0.191. The highest BCUT2D eigenvalue weighted by molar-refractivity contribution is 5.95. The first-order valence-electron chi connectivity index (χ1n) is 7.16. The number of benzene rings is 2. The number of hydrogen-bond acceptors (Lipinski definition) is 4. The Bertz CT molecular complexity index is 934. The topological polar surface area (TPSA) is 91.6 Å². The largest absolute Gasteiger partial charge is 0.478 e. The van der Waals surface area contributed by atoms with Gasteiger partial charge >= 0.3 is 5.97 Å². The molecule has 0 aliphatic rings. The molecule has 0 saturated heterocycles. The average molecular weight is 319 g/mol. The fraction of sp³-hybridized carbons (Fsp3) is 0. The Labute approximate surface area is 137 Å². The van der Waals surface area contributed by atoms with Crippen molar-refractivity contribution in [1.82, 2.24) is 10.4 Å². The van der Waals surface area contributed by atoms with E-state index in [4.69, 9.17) is 5.11 Å². The Kier molecular flexibility index (Phi) is 4.29. The molecule has 6 nitrogen and oxygen atoms in total. The number of carboxylic acids is 1. The number of nitrogens with one attached hydrogen (secondary N) is 1. The number of amides is 1. The third-order valence-electron chi connectivity index (χ3n) is 3.37. The summed E-state index contributed by atoms with van der Waals surface area (Å²) in [6, 6.07) is 17.1. The molecule has 0 bridgehead atoms. The zero-order valence-corrected chi connectivity index (χ0v) is 12.5. The lowest BCUT2D eigenvalue weighted by Gasteiger charge is -2.01. The van der Waals surface area contributed by atoms with Crippen LogP contribution in [0.1, 0.15) is 26.4 Å². The Morgan fingerprint density at radius 2 is 1.75 bits per heavy atom. The van der Waals surface area contributed by atoms with Crippen molar-refractivity contribution in [3.63, 3.8) is 0 Å². The third kappa shape index (κ3) is 3.44. The smallest absolute Gasteiger partial charge is 0.335 e. The maximum atomic E-state index is 12.1. The van der Waals surface area contributed by atoms with Crippen molar-refractivity contribution < 1.29 is 14.7 Å². The van der Waals surface area contributed by atoms with Crippen molar-refractivity contribution in [3.8, 4) is 0 Å². The number of fused-ring (bicyclic) bond motifs is 1. The van der Waals surface area contributed by atoms with E-state index in [9.17, 15) is 9.59 Å². The standard InChI is InChI=1S/C18H13N3O3/c22-17(16-10-9-13-3-1-2-4-15(13)20-16)21-19-11-12-5-7-14(8-6-12)18(23)24/h1-11H,(H,21,22)(H,23,24)/b19-11-. The number of aromatic nitrogens is 1. The van der Waals surface area contributed by atoms with Gasteiger partial charge in [0.05, 0.1) is 17.3 Å². The molecule has 0 fully saturated rings. The normalized spacial score (nSPS) is 10.8. The predicted octanol–water partition coefficient (Wildman–Crippen LogP) is 2.70. The molecular formula is C18H13N3O3. The van der Waals surface area contributed by atoms with Crippen LogP contribution in [0, 0.1) is 0 Å². The fourth-order valence-corrected chi connectivity index (χ4v) is 2.13. The predicted molar refractivity (Wildman–Crippen MR) is 90.2 cm³/mol. The molecule has 0 aliphatic carbocycles. The maximum absolute atomic E-state index is 12.1. The number of nitrogens with zero attached hydrogens (tertiary/aromatic N) is 2. The van der Waals surface area contributed by atoms with Crippen LogP contribution >= 0.6 is 0 Å². The number of aromatic carboxylic acids is 1. The molecule has 0 aliphatic heterocycles. The van der Waals surface area contributed by atoms with E-state index >= 15 is 0 Å². The van der Waals surface area contributed by atoms with E-state index in [-0.39, 0.29) is 11.3 Å². The van der Waals surface area contributed by atoms with Crippen molar-refractivity contribution in [1.29, 1.82) is 0 Å². The van der Waals surface area contributed by atoms with Crippen LogP contribution in [0.15, 0.2) is 65.8 Å². The van der Waals surface area contributed by atoms with Gasteiger partial charge in [-0.15, -0.1) is 0 Å². The lowest BCUT2D eigenvalue weighted by Crippen LogP contribution is -2.18. The molecule has 1 heterocycles. The molecule has 6 heteroatoms. The van der Waals surface area contributed by atoms with Crippen LogP contribution < -0.4 is 5.43 Å². The second-order valence-corrected chi connectivity index (χ2v) is 5.02. The van der Waals surface area contributed by atoms with Crippen LogP contribution in [0.2, 0.25) is 0 Å². The Hall–Kier alpha value is -3.54. The molecule has 2 N–H and O–H groups in total. The molecule has 1 amide bonds. The molecule has 2 aromatic carbocycles. The number of para-hydroxylation sites is 1. The van der Waals surface area contributed by atoms with Gasteiger partial charge in [-0.1, -0.05) is 36.4 Å². The van der Waals surface area contributed by atoms with Crippen LogP contribution in [0.5, 0.6) is 0 Å². The second-order valence-electron chi connectivity index (χ2n) is 5.02. The molecule has 0 radical (unpaired) electrons. The molecule has 24 heavy (non-hydrogen) atoms. The van der Waals surface area contributed by atoms with Crippen LogP contribution in [0.25, 0.3) is 10.9 Å². The molecule has 0 spiro atoms. The number of pyridine rings is 1. The first kappa shape index (κ1) is 15.4. The van der Waals surface area contributed by atoms with Crippen molar-refractivity contribution in [2.45, 2.75) is 0 Å². The van der Waals surface area contributed by atoms with Gasteiger partial charge < -0.3 is 5.11 Å². The van der Waals surface area contributed by atoms with Crippen LogP contribution in [-0.4, -0.2) is 28.2 Å². The highest BCUT2D eigenvalue weighted by Gasteiger charge is 2.06. The molecule has 118 valence electrons. The number of rotatable bonds is 4. The highest BCUT2D eigenvalue weighted by Crippen LogP contribution is 2.11. The summed E-state index contributed by atoms with van der Waals surface area (Å²) in [6.07, 6.45) is 1.44. The lowest BCUT2D eigenvalue weighted by molar-refractivity contribution is 0.0696. The molecule has 0 unspecified atom stereocenters. The number of hydrogen-bond donors (Lipinski definition) is 2. The summed E-state index contributed by atoms with van der Waals surface area (Å²) >= 11 is 0. The van der Waals surface area contributed by atoms with Crippen LogP contribution in [0.4, 0.5) is 0 Å². The molecule has 3 aromatic rings. The average Bonchev–Trinajstić information content (AvgIpc) is 2.61. The first-order valence-corrected chi connectivity index (χ1v) is 7.16. The van der Waals surface area contributed by atoms with Gasteiger partial charge in [0.15, 0.2) is 0 Å². The van der Waals surface area contributed by atoms with Gasteiger partial charge in [0.25, 0.3) is 5.91 Å².